The second kappa shape index (κ2) is 11.0. The molecule has 1 atom stereocenters. The first kappa shape index (κ1) is 25.1. The van der Waals surface area contributed by atoms with Crippen molar-refractivity contribution in [3.8, 4) is 0 Å². The van der Waals surface area contributed by atoms with Gasteiger partial charge in [0.05, 0.1) is 22.5 Å². The third-order valence-electron chi connectivity index (χ3n) is 4.95. The van der Waals surface area contributed by atoms with Gasteiger partial charge in [0.1, 0.15) is 0 Å². The second-order valence-corrected chi connectivity index (χ2v) is 9.71. The number of aryl methyl sites for hydroxylation is 1. The summed E-state index contributed by atoms with van der Waals surface area (Å²) in [7, 11) is 1.82. The molecule has 0 bridgehead atoms. The van der Waals surface area contributed by atoms with Crippen LogP contribution < -0.4 is 10.6 Å². The Balaban J connectivity index is 1.67. The number of carbonyl (C=O) groups is 2. The Hall–Kier alpha value is -2.55. The number of hydrogen-bond donors (Lipinski definition) is 2. The predicted octanol–water partition coefficient (Wildman–Crippen LogP) is 5.29. The van der Waals surface area contributed by atoms with Gasteiger partial charge in [-0.05, 0) is 43.2 Å². The smallest absolute Gasteiger partial charge is 0.251 e. The standard InChI is InChI=1S/C23H25Cl2N5O2S/c1-13(2)20(27-22(32)15-7-5-14(3)6-8-15)21-28-29-23(30(21)4)33-12-19(31)26-18-11-16(24)9-10-17(18)25/h5-11,13,20H,12H2,1-4H3,(H,26,31)(H,27,32)/t20-/m0/s1. The van der Waals surface area contributed by atoms with E-state index in [2.05, 4.69) is 20.8 Å². The van der Waals surface area contributed by atoms with Crippen molar-refractivity contribution < 1.29 is 9.59 Å². The molecule has 2 amide bonds. The molecule has 33 heavy (non-hydrogen) atoms. The van der Waals surface area contributed by atoms with Gasteiger partial charge in [-0.15, -0.1) is 10.2 Å². The van der Waals surface area contributed by atoms with Crippen LogP contribution in [0.5, 0.6) is 0 Å². The van der Waals surface area contributed by atoms with Crippen LogP contribution in [0.1, 0.15) is 41.6 Å². The van der Waals surface area contributed by atoms with Gasteiger partial charge in [0.15, 0.2) is 11.0 Å². The third-order valence-corrected chi connectivity index (χ3v) is 6.53. The molecule has 0 saturated carbocycles. The van der Waals surface area contributed by atoms with E-state index in [1.807, 2.05) is 40.0 Å². The molecule has 0 saturated heterocycles. The summed E-state index contributed by atoms with van der Waals surface area (Å²) in [5.74, 6) is 0.377. The number of amides is 2. The van der Waals surface area contributed by atoms with Crippen LogP contribution in [0.25, 0.3) is 0 Å². The van der Waals surface area contributed by atoms with Crippen LogP contribution in [0.3, 0.4) is 0 Å². The minimum atomic E-state index is -0.343. The molecular formula is C23H25Cl2N5O2S. The number of anilines is 1. The Labute approximate surface area is 207 Å². The highest BCUT2D eigenvalue weighted by Crippen LogP contribution is 2.27. The quantitative estimate of drug-likeness (QED) is 0.406. The fraction of sp³-hybridized carbons (Fsp3) is 0.304. The maximum Gasteiger partial charge on any atom is 0.251 e. The minimum absolute atomic E-state index is 0.0772. The van der Waals surface area contributed by atoms with Crippen molar-refractivity contribution in [3.63, 3.8) is 0 Å². The van der Waals surface area contributed by atoms with Crippen molar-refractivity contribution >= 4 is 52.5 Å². The maximum atomic E-state index is 12.8. The highest BCUT2D eigenvalue weighted by Gasteiger charge is 2.25. The van der Waals surface area contributed by atoms with E-state index in [-0.39, 0.29) is 29.5 Å². The van der Waals surface area contributed by atoms with Crippen molar-refractivity contribution in [2.75, 3.05) is 11.1 Å². The van der Waals surface area contributed by atoms with Gasteiger partial charge in [0.2, 0.25) is 5.91 Å². The molecule has 1 aromatic heterocycles. The molecule has 3 rings (SSSR count). The summed E-state index contributed by atoms with van der Waals surface area (Å²) < 4.78 is 1.80. The van der Waals surface area contributed by atoms with Gasteiger partial charge < -0.3 is 15.2 Å². The lowest BCUT2D eigenvalue weighted by Crippen LogP contribution is -2.33. The molecule has 0 radical (unpaired) electrons. The number of benzene rings is 2. The number of rotatable bonds is 8. The Morgan fingerprint density at radius 1 is 1.09 bits per heavy atom. The van der Waals surface area contributed by atoms with Gasteiger partial charge >= 0.3 is 0 Å². The van der Waals surface area contributed by atoms with Crippen molar-refractivity contribution in [3.05, 3.63) is 69.5 Å². The fourth-order valence-corrected chi connectivity index (χ4v) is 4.15. The number of aromatic nitrogens is 3. The molecule has 10 heteroatoms. The van der Waals surface area contributed by atoms with Crippen LogP contribution in [-0.2, 0) is 11.8 Å². The highest BCUT2D eigenvalue weighted by molar-refractivity contribution is 7.99. The summed E-state index contributed by atoms with van der Waals surface area (Å²) in [6, 6.07) is 11.9. The van der Waals surface area contributed by atoms with E-state index in [9.17, 15) is 9.59 Å². The van der Waals surface area contributed by atoms with Gasteiger partial charge in [0.25, 0.3) is 5.91 Å². The summed E-state index contributed by atoms with van der Waals surface area (Å²) in [6.07, 6.45) is 0. The van der Waals surface area contributed by atoms with Crippen molar-refractivity contribution in [2.45, 2.75) is 32.0 Å². The normalized spacial score (nSPS) is 12.0. The molecule has 0 fully saturated rings. The average molecular weight is 506 g/mol. The third kappa shape index (κ3) is 6.50. The first-order valence-corrected chi connectivity index (χ1v) is 12.0. The zero-order chi connectivity index (χ0) is 24.1. The minimum Gasteiger partial charge on any atom is -0.342 e. The monoisotopic (exact) mass is 505 g/mol. The SMILES string of the molecule is Cc1ccc(C(=O)N[C@H](c2nnc(SCC(=O)Nc3cc(Cl)ccc3Cl)n2C)C(C)C)cc1. The lowest BCUT2D eigenvalue weighted by molar-refractivity contribution is -0.113. The van der Waals surface area contributed by atoms with Crippen molar-refractivity contribution in [2.24, 2.45) is 13.0 Å². The van der Waals surface area contributed by atoms with Gasteiger partial charge in [0, 0.05) is 17.6 Å². The van der Waals surface area contributed by atoms with Gasteiger partial charge in [-0.25, -0.2) is 0 Å². The second-order valence-electron chi connectivity index (χ2n) is 7.92. The first-order valence-electron chi connectivity index (χ1n) is 10.3. The average Bonchev–Trinajstić information content (AvgIpc) is 3.13. The highest BCUT2D eigenvalue weighted by atomic mass is 35.5. The Kier molecular flexibility index (Phi) is 8.40. The van der Waals surface area contributed by atoms with E-state index >= 15 is 0 Å². The fourth-order valence-electron chi connectivity index (χ4n) is 3.09. The molecular weight excluding hydrogens is 481 g/mol. The molecule has 1 heterocycles. The van der Waals surface area contributed by atoms with Crippen LogP contribution in [0.2, 0.25) is 10.0 Å². The van der Waals surface area contributed by atoms with Gasteiger partial charge in [-0.2, -0.15) is 0 Å². The molecule has 2 aromatic carbocycles. The van der Waals surface area contributed by atoms with E-state index in [1.54, 1.807) is 34.9 Å². The van der Waals surface area contributed by atoms with E-state index in [0.29, 0.717) is 32.3 Å². The molecule has 0 spiro atoms. The molecule has 0 aliphatic heterocycles. The van der Waals surface area contributed by atoms with Crippen LogP contribution in [-0.4, -0.2) is 32.3 Å². The summed E-state index contributed by atoms with van der Waals surface area (Å²) in [4.78, 5) is 25.1. The van der Waals surface area contributed by atoms with E-state index in [4.69, 9.17) is 23.2 Å². The summed E-state index contributed by atoms with van der Waals surface area (Å²) >= 11 is 13.3. The number of hydrogen-bond acceptors (Lipinski definition) is 5. The van der Waals surface area contributed by atoms with Crippen molar-refractivity contribution in [1.82, 2.24) is 20.1 Å². The van der Waals surface area contributed by atoms with E-state index in [1.165, 1.54) is 11.8 Å². The lowest BCUT2D eigenvalue weighted by atomic mass is 10.0. The van der Waals surface area contributed by atoms with Gasteiger partial charge in [-0.1, -0.05) is 66.5 Å². The Morgan fingerprint density at radius 3 is 2.45 bits per heavy atom. The van der Waals surface area contributed by atoms with Crippen molar-refractivity contribution in [1.29, 1.82) is 0 Å². The topological polar surface area (TPSA) is 88.9 Å². The lowest BCUT2D eigenvalue weighted by Gasteiger charge is -2.21. The van der Waals surface area contributed by atoms with Crippen LogP contribution in [0, 0.1) is 12.8 Å². The molecule has 3 aromatic rings. The number of nitrogens with one attached hydrogen (secondary N) is 2. The molecule has 0 unspecified atom stereocenters. The number of carbonyl (C=O) groups excluding carboxylic acids is 2. The van der Waals surface area contributed by atoms with Crippen LogP contribution >= 0.6 is 35.0 Å². The van der Waals surface area contributed by atoms with E-state index in [0.717, 1.165) is 5.56 Å². The largest absolute Gasteiger partial charge is 0.342 e. The zero-order valence-corrected chi connectivity index (χ0v) is 21.1. The summed E-state index contributed by atoms with van der Waals surface area (Å²) in [6.45, 7) is 5.98. The van der Waals surface area contributed by atoms with Gasteiger partial charge in [-0.3, -0.25) is 9.59 Å². The molecule has 0 aliphatic rings. The summed E-state index contributed by atoms with van der Waals surface area (Å²) in [5, 5.41) is 15.8. The summed E-state index contributed by atoms with van der Waals surface area (Å²) in [5.41, 5.74) is 2.12. The number of halogens is 2. The predicted molar refractivity (Wildman–Crippen MR) is 133 cm³/mol. The molecule has 7 nitrogen and oxygen atoms in total. The molecule has 2 N–H and O–H groups in total. The van der Waals surface area contributed by atoms with Crippen LogP contribution in [0.15, 0.2) is 47.6 Å². The number of thioether (sulfide) groups is 1. The zero-order valence-electron chi connectivity index (χ0n) is 18.7. The molecule has 0 aliphatic carbocycles. The van der Waals surface area contributed by atoms with E-state index < -0.39 is 0 Å². The number of nitrogens with zero attached hydrogens (tertiary/aromatic N) is 3. The van der Waals surface area contributed by atoms with Crippen LogP contribution in [0.4, 0.5) is 5.69 Å². The maximum absolute atomic E-state index is 12.8. The Morgan fingerprint density at radius 2 is 1.79 bits per heavy atom. The molecule has 174 valence electrons. The Bertz CT molecular complexity index is 1150. The first-order chi connectivity index (χ1) is 15.7.